The summed E-state index contributed by atoms with van der Waals surface area (Å²) in [6.45, 7) is 7.61. The van der Waals surface area contributed by atoms with Crippen LogP contribution < -0.4 is 21.5 Å². The number of aromatic amines is 2. The molecule has 0 aromatic carbocycles. The number of aryl methyl sites for hydroxylation is 2. The summed E-state index contributed by atoms with van der Waals surface area (Å²) >= 11 is 0. The topological polar surface area (TPSA) is 94.1 Å². The molecule has 2 atom stereocenters. The highest BCUT2D eigenvalue weighted by molar-refractivity contribution is 5.38. The van der Waals surface area contributed by atoms with E-state index < -0.39 is 5.69 Å². The lowest BCUT2D eigenvalue weighted by atomic mass is 10.2. The number of hydrogen-bond acceptors (Lipinski definition) is 5. The zero-order valence-electron chi connectivity index (χ0n) is 13.6. The van der Waals surface area contributed by atoms with Gasteiger partial charge < -0.3 is 14.6 Å². The standard InChI is InChI=1S/C16H22N4O3/c1-9-6-13(23-11(9)3)10(2)17-12-4-5-20(8-12)14-7-15(21)19-16(22)18-14/h6-7,10,12,17H,4-5,8H2,1-3H3,(H2,18,19,21,22)/t10?,12-/m0/s1. The third-order valence-electron chi connectivity index (χ3n) is 4.37. The van der Waals surface area contributed by atoms with Gasteiger partial charge in [0.25, 0.3) is 5.56 Å². The average molecular weight is 318 g/mol. The summed E-state index contributed by atoms with van der Waals surface area (Å²) in [6.07, 6.45) is 0.942. The molecule has 0 saturated carbocycles. The van der Waals surface area contributed by atoms with Crippen LogP contribution in [0.1, 0.15) is 36.5 Å². The first-order chi connectivity index (χ1) is 10.9. The summed E-state index contributed by atoms with van der Waals surface area (Å²) < 4.78 is 5.76. The van der Waals surface area contributed by atoms with E-state index in [9.17, 15) is 9.59 Å². The maximum atomic E-state index is 11.4. The molecule has 3 heterocycles. The van der Waals surface area contributed by atoms with Crippen molar-refractivity contribution in [2.24, 2.45) is 0 Å². The van der Waals surface area contributed by atoms with E-state index in [4.69, 9.17) is 4.42 Å². The summed E-state index contributed by atoms with van der Waals surface area (Å²) in [5, 5.41) is 3.55. The van der Waals surface area contributed by atoms with Crippen molar-refractivity contribution in [3.8, 4) is 0 Å². The first-order valence-electron chi connectivity index (χ1n) is 7.84. The Morgan fingerprint density at radius 3 is 2.74 bits per heavy atom. The van der Waals surface area contributed by atoms with Crippen LogP contribution >= 0.6 is 0 Å². The van der Waals surface area contributed by atoms with Crippen LogP contribution in [-0.4, -0.2) is 29.1 Å². The molecule has 124 valence electrons. The second-order valence-corrected chi connectivity index (χ2v) is 6.18. The van der Waals surface area contributed by atoms with Crippen molar-refractivity contribution >= 4 is 5.82 Å². The Balaban J connectivity index is 1.65. The van der Waals surface area contributed by atoms with Crippen molar-refractivity contribution in [2.75, 3.05) is 18.0 Å². The maximum Gasteiger partial charge on any atom is 0.327 e. The Morgan fingerprint density at radius 1 is 1.30 bits per heavy atom. The van der Waals surface area contributed by atoms with Crippen molar-refractivity contribution in [1.29, 1.82) is 0 Å². The van der Waals surface area contributed by atoms with Crippen molar-refractivity contribution in [3.05, 3.63) is 50.1 Å². The van der Waals surface area contributed by atoms with Crippen LogP contribution in [0.4, 0.5) is 5.82 Å². The Bertz CT molecular complexity index is 756. The fourth-order valence-corrected chi connectivity index (χ4v) is 2.99. The van der Waals surface area contributed by atoms with E-state index >= 15 is 0 Å². The molecule has 1 aliphatic heterocycles. The Labute approximate surface area is 133 Å². The summed E-state index contributed by atoms with van der Waals surface area (Å²) in [6, 6.07) is 3.88. The highest BCUT2D eigenvalue weighted by Crippen LogP contribution is 2.22. The molecule has 1 saturated heterocycles. The largest absolute Gasteiger partial charge is 0.464 e. The van der Waals surface area contributed by atoms with E-state index in [1.165, 1.54) is 6.07 Å². The van der Waals surface area contributed by atoms with Gasteiger partial charge in [0, 0.05) is 25.2 Å². The summed E-state index contributed by atoms with van der Waals surface area (Å²) in [7, 11) is 0. The van der Waals surface area contributed by atoms with E-state index in [1.54, 1.807) is 0 Å². The number of anilines is 1. The predicted octanol–water partition coefficient (Wildman–Crippen LogP) is 1.20. The molecule has 7 nitrogen and oxygen atoms in total. The molecule has 3 rings (SSSR count). The van der Waals surface area contributed by atoms with Gasteiger partial charge >= 0.3 is 5.69 Å². The number of nitrogens with zero attached hydrogens (tertiary/aromatic N) is 1. The van der Waals surface area contributed by atoms with Crippen LogP contribution in [0.15, 0.2) is 26.1 Å². The minimum Gasteiger partial charge on any atom is -0.464 e. The van der Waals surface area contributed by atoms with Gasteiger partial charge in [0.05, 0.1) is 6.04 Å². The van der Waals surface area contributed by atoms with E-state index in [-0.39, 0.29) is 17.6 Å². The quantitative estimate of drug-likeness (QED) is 0.787. The minimum atomic E-state index is -0.473. The van der Waals surface area contributed by atoms with Gasteiger partial charge in [-0.25, -0.2) is 4.79 Å². The monoisotopic (exact) mass is 318 g/mol. The number of aromatic nitrogens is 2. The van der Waals surface area contributed by atoms with Gasteiger partial charge in [0.1, 0.15) is 17.3 Å². The normalized spacial score (nSPS) is 19.3. The predicted molar refractivity (Wildman–Crippen MR) is 88.0 cm³/mol. The van der Waals surface area contributed by atoms with Gasteiger partial charge in [-0.1, -0.05) is 0 Å². The first-order valence-corrected chi connectivity index (χ1v) is 7.84. The number of nitrogens with one attached hydrogen (secondary N) is 3. The van der Waals surface area contributed by atoms with E-state index in [2.05, 4.69) is 28.3 Å². The van der Waals surface area contributed by atoms with Gasteiger partial charge in [0.15, 0.2) is 0 Å². The third-order valence-corrected chi connectivity index (χ3v) is 4.37. The van der Waals surface area contributed by atoms with Crippen LogP contribution in [0.5, 0.6) is 0 Å². The molecule has 2 aromatic heterocycles. The van der Waals surface area contributed by atoms with Crippen LogP contribution in [0, 0.1) is 13.8 Å². The van der Waals surface area contributed by atoms with Crippen molar-refractivity contribution in [3.63, 3.8) is 0 Å². The van der Waals surface area contributed by atoms with Crippen LogP contribution in [0.2, 0.25) is 0 Å². The van der Waals surface area contributed by atoms with Crippen molar-refractivity contribution in [1.82, 2.24) is 15.3 Å². The third kappa shape index (κ3) is 3.39. The summed E-state index contributed by atoms with van der Waals surface area (Å²) in [4.78, 5) is 29.7. The average Bonchev–Trinajstić information content (AvgIpc) is 3.06. The Hall–Kier alpha value is -2.28. The van der Waals surface area contributed by atoms with Crippen LogP contribution in [-0.2, 0) is 0 Å². The van der Waals surface area contributed by atoms with E-state index in [0.717, 1.165) is 36.6 Å². The van der Waals surface area contributed by atoms with E-state index in [0.29, 0.717) is 5.82 Å². The number of hydrogen-bond donors (Lipinski definition) is 3. The van der Waals surface area contributed by atoms with Gasteiger partial charge in [-0.3, -0.25) is 14.8 Å². The van der Waals surface area contributed by atoms with Gasteiger partial charge in [0.2, 0.25) is 0 Å². The Morgan fingerprint density at radius 2 is 2.09 bits per heavy atom. The van der Waals surface area contributed by atoms with Gasteiger partial charge in [-0.2, -0.15) is 0 Å². The Kier molecular flexibility index (Phi) is 4.12. The highest BCUT2D eigenvalue weighted by atomic mass is 16.3. The molecular formula is C16H22N4O3. The molecule has 1 unspecified atom stereocenters. The summed E-state index contributed by atoms with van der Waals surface area (Å²) in [5.74, 6) is 2.45. The minimum absolute atomic E-state index is 0.116. The number of H-pyrrole nitrogens is 2. The lowest BCUT2D eigenvalue weighted by Gasteiger charge is -2.20. The molecule has 23 heavy (non-hydrogen) atoms. The second kappa shape index (κ2) is 6.08. The molecule has 0 amide bonds. The zero-order chi connectivity index (χ0) is 16.6. The first kappa shape index (κ1) is 15.6. The summed E-state index contributed by atoms with van der Waals surface area (Å²) in [5.41, 5.74) is 0.302. The fraction of sp³-hybridized carbons (Fsp3) is 0.500. The molecule has 0 bridgehead atoms. The molecule has 2 aromatic rings. The smallest absolute Gasteiger partial charge is 0.327 e. The lowest BCUT2D eigenvalue weighted by Crippen LogP contribution is -2.35. The number of rotatable bonds is 4. The SMILES string of the molecule is Cc1cc(C(C)N[C@H]2CCN(c3cc(=O)[nH]c(=O)[nH]3)C2)oc1C. The second-order valence-electron chi connectivity index (χ2n) is 6.18. The van der Waals surface area contributed by atoms with Gasteiger partial charge in [-0.15, -0.1) is 0 Å². The van der Waals surface area contributed by atoms with Crippen molar-refractivity contribution in [2.45, 2.75) is 39.3 Å². The molecule has 0 spiro atoms. The molecule has 1 aliphatic rings. The van der Waals surface area contributed by atoms with Crippen LogP contribution in [0.3, 0.4) is 0 Å². The van der Waals surface area contributed by atoms with E-state index in [1.807, 2.05) is 18.7 Å². The molecule has 3 N–H and O–H groups in total. The highest BCUT2D eigenvalue weighted by Gasteiger charge is 2.25. The number of furan rings is 1. The molecule has 1 fully saturated rings. The van der Waals surface area contributed by atoms with Gasteiger partial charge in [-0.05, 0) is 38.8 Å². The molecule has 7 heteroatoms. The lowest BCUT2D eigenvalue weighted by molar-refractivity contribution is 0.388. The van der Waals surface area contributed by atoms with Crippen molar-refractivity contribution < 1.29 is 4.42 Å². The fourth-order valence-electron chi connectivity index (χ4n) is 2.99. The molecule has 0 aliphatic carbocycles. The maximum absolute atomic E-state index is 11.4. The molecule has 0 radical (unpaired) electrons. The van der Waals surface area contributed by atoms with Crippen LogP contribution in [0.25, 0.3) is 0 Å². The zero-order valence-corrected chi connectivity index (χ0v) is 13.6. The molecular weight excluding hydrogens is 296 g/mol.